The van der Waals surface area contributed by atoms with Gasteiger partial charge in [0.15, 0.2) is 5.82 Å². The summed E-state index contributed by atoms with van der Waals surface area (Å²) in [4.78, 5) is 23.9. The van der Waals surface area contributed by atoms with E-state index in [1.807, 2.05) is 11.8 Å². The van der Waals surface area contributed by atoms with Gasteiger partial charge in [0.2, 0.25) is 5.95 Å². The number of ether oxygens (including phenoxy) is 1. The number of nitrogens with zero attached hydrogens (tertiary/aromatic N) is 6. The number of hydrogen-bond donors (Lipinski definition) is 1. The molecule has 1 saturated carbocycles. The van der Waals surface area contributed by atoms with E-state index in [-0.39, 0.29) is 0 Å². The molecular weight excluding hydrogens is 386 g/mol. The Morgan fingerprint density at radius 1 is 0.897 bits per heavy atom. The van der Waals surface area contributed by atoms with Crippen molar-refractivity contribution in [2.75, 3.05) is 62.3 Å². The maximum absolute atomic E-state index is 5.56. The minimum absolute atomic E-state index is 0.631. The number of nitrogens with one attached hydrogen (secondary N) is 1. The van der Waals surface area contributed by atoms with Gasteiger partial charge in [-0.3, -0.25) is 0 Å². The molecule has 8 nitrogen and oxygen atoms in total. The Balaban J connectivity index is 1.56. The van der Waals surface area contributed by atoms with E-state index in [1.54, 1.807) is 6.33 Å². The van der Waals surface area contributed by atoms with Gasteiger partial charge in [0.1, 0.15) is 22.4 Å². The Morgan fingerprint density at radius 2 is 1.69 bits per heavy atom. The van der Waals surface area contributed by atoms with E-state index in [2.05, 4.69) is 25.1 Å². The lowest BCUT2D eigenvalue weighted by Crippen LogP contribution is -2.44. The number of morpholine rings is 1. The zero-order valence-corrected chi connectivity index (χ0v) is 17.7. The molecule has 3 aliphatic rings. The first-order valence-corrected chi connectivity index (χ1v) is 11.7. The molecule has 5 rings (SSSR count). The molecule has 0 radical (unpaired) electrons. The molecule has 156 valence electrons. The highest BCUT2D eigenvalue weighted by atomic mass is 32.2. The molecule has 9 heteroatoms. The third-order valence-corrected chi connectivity index (χ3v) is 7.29. The highest BCUT2D eigenvalue weighted by Gasteiger charge is 2.24. The number of fused-ring (bicyclic) bond motifs is 1. The van der Waals surface area contributed by atoms with Crippen molar-refractivity contribution in [1.29, 1.82) is 0 Å². The maximum Gasteiger partial charge on any atom is 0.228 e. The van der Waals surface area contributed by atoms with Crippen molar-refractivity contribution in [3.8, 4) is 0 Å². The molecule has 2 aromatic rings. The second-order valence-electron chi connectivity index (χ2n) is 7.94. The molecule has 0 aromatic carbocycles. The average Bonchev–Trinajstić information content (AvgIpc) is 2.80. The molecule has 0 atom stereocenters. The summed E-state index contributed by atoms with van der Waals surface area (Å²) in [6.07, 6.45) is 8.22. The van der Waals surface area contributed by atoms with Crippen LogP contribution in [-0.2, 0) is 4.74 Å². The Morgan fingerprint density at radius 3 is 2.48 bits per heavy atom. The minimum Gasteiger partial charge on any atom is -0.378 e. The van der Waals surface area contributed by atoms with Crippen LogP contribution in [0.5, 0.6) is 0 Å². The monoisotopic (exact) mass is 415 g/mol. The van der Waals surface area contributed by atoms with Crippen LogP contribution in [0.4, 0.5) is 11.8 Å². The average molecular weight is 416 g/mol. The molecule has 2 aliphatic heterocycles. The SMILES string of the molecule is c1nc(SC2CCCCC2)c2nc(N3CCNCC3)nc(N3CCOCC3)c2n1. The molecule has 1 N–H and O–H groups in total. The van der Waals surface area contributed by atoms with Crippen LogP contribution in [-0.4, -0.2) is 77.7 Å². The van der Waals surface area contributed by atoms with Crippen LogP contribution >= 0.6 is 11.8 Å². The van der Waals surface area contributed by atoms with Crippen LogP contribution in [0.25, 0.3) is 11.0 Å². The van der Waals surface area contributed by atoms with Gasteiger partial charge in [-0.25, -0.2) is 15.0 Å². The van der Waals surface area contributed by atoms with Gasteiger partial charge in [0.25, 0.3) is 0 Å². The summed E-state index contributed by atoms with van der Waals surface area (Å²) in [6, 6.07) is 0. The van der Waals surface area contributed by atoms with E-state index >= 15 is 0 Å². The first-order valence-electron chi connectivity index (χ1n) is 10.9. The predicted octanol–water partition coefficient (Wildman–Crippen LogP) is 2.09. The normalized spacial score (nSPS) is 21.7. The summed E-state index contributed by atoms with van der Waals surface area (Å²) < 4.78 is 5.56. The number of rotatable bonds is 4. The summed E-state index contributed by atoms with van der Waals surface area (Å²) in [7, 11) is 0. The fourth-order valence-corrected chi connectivity index (χ4v) is 5.58. The third kappa shape index (κ3) is 4.27. The molecule has 0 amide bonds. The smallest absolute Gasteiger partial charge is 0.228 e. The standard InChI is InChI=1S/C20H29N7OS/c1-2-4-15(5-3-1)29-19-17-16(22-14-23-19)18(26-10-12-28-13-11-26)25-20(24-17)27-8-6-21-7-9-27/h14-15,21H,1-13H2. The number of thioether (sulfide) groups is 1. The van der Waals surface area contributed by atoms with E-state index < -0.39 is 0 Å². The minimum atomic E-state index is 0.631. The Hall–Kier alpha value is -1.71. The summed E-state index contributed by atoms with van der Waals surface area (Å²) in [5, 5.41) is 5.05. The zero-order valence-electron chi connectivity index (χ0n) is 16.8. The summed E-state index contributed by atoms with van der Waals surface area (Å²) >= 11 is 1.89. The van der Waals surface area contributed by atoms with Crippen molar-refractivity contribution >= 4 is 34.6 Å². The Kier molecular flexibility index (Phi) is 5.96. The highest BCUT2D eigenvalue weighted by Crippen LogP contribution is 2.37. The second kappa shape index (κ2) is 8.97. The van der Waals surface area contributed by atoms with Gasteiger partial charge in [-0.15, -0.1) is 11.8 Å². The molecule has 0 bridgehead atoms. The van der Waals surface area contributed by atoms with E-state index in [9.17, 15) is 0 Å². The number of piperazine rings is 1. The fourth-order valence-electron chi connectivity index (χ4n) is 4.33. The van der Waals surface area contributed by atoms with Crippen molar-refractivity contribution < 1.29 is 4.74 Å². The van der Waals surface area contributed by atoms with Crippen LogP contribution in [0, 0.1) is 0 Å². The molecule has 0 unspecified atom stereocenters. The van der Waals surface area contributed by atoms with Gasteiger partial charge in [0.05, 0.1) is 13.2 Å². The van der Waals surface area contributed by atoms with Gasteiger partial charge < -0.3 is 19.9 Å². The topological polar surface area (TPSA) is 79.3 Å². The van der Waals surface area contributed by atoms with Crippen molar-refractivity contribution in [2.45, 2.75) is 42.4 Å². The molecule has 3 fully saturated rings. The Bertz CT molecular complexity index is 833. The van der Waals surface area contributed by atoms with Crippen molar-refractivity contribution in [3.63, 3.8) is 0 Å². The number of hydrogen-bond acceptors (Lipinski definition) is 9. The van der Waals surface area contributed by atoms with Crippen LogP contribution in [0.3, 0.4) is 0 Å². The number of aromatic nitrogens is 4. The molecule has 4 heterocycles. The lowest BCUT2D eigenvalue weighted by Gasteiger charge is -2.31. The van der Waals surface area contributed by atoms with E-state index in [0.717, 1.165) is 80.3 Å². The largest absolute Gasteiger partial charge is 0.378 e. The first-order chi connectivity index (χ1) is 14.4. The fraction of sp³-hybridized carbons (Fsp3) is 0.700. The third-order valence-electron chi connectivity index (χ3n) is 5.96. The molecule has 2 saturated heterocycles. The van der Waals surface area contributed by atoms with Crippen LogP contribution in [0.2, 0.25) is 0 Å². The van der Waals surface area contributed by atoms with Gasteiger partial charge in [-0.2, -0.15) is 4.98 Å². The molecule has 2 aromatic heterocycles. The van der Waals surface area contributed by atoms with E-state index in [0.29, 0.717) is 5.25 Å². The van der Waals surface area contributed by atoms with Gasteiger partial charge in [-0.05, 0) is 12.8 Å². The summed E-state index contributed by atoms with van der Waals surface area (Å²) in [6.45, 7) is 6.89. The van der Waals surface area contributed by atoms with Crippen LogP contribution in [0.15, 0.2) is 11.4 Å². The zero-order chi connectivity index (χ0) is 19.5. The molecule has 1 aliphatic carbocycles. The van der Waals surface area contributed by atoms with Crippen LogP contribution < -0.4 is 15.1 Å². The number of anilines is 2. The van der Waals surface area contributed by atoms with Gasteiger partial charge >= 0.3 is 0 Å². The van der Waals surface area contributed by atoms with Gasteiger partial charge in [-0.1, -0.05) is 19.3 Å². The quantitative estimate of drug-likeness (QED) is 0.755. The maximum atomic E-state index is 5.56. The predicted molar refractivity (Wildman–Crippen MR) is 116 cm³/mol. The van der Waals surface area contributed by atoms with Crippen LogP contribution in [0.1, 0.15) is 32.1 Å². The van der Waals surface area contributed by atoms with Crippen molar-refractivity contribution in [1.82, 2.24) is 25.3 Å². The van der Waals surface area contributed by atoms with Crippen molar-refractivity contribution in [3.05, 3.63) is 6.33 Å². The van der Waals surface area contributed by atoms with E-state index in [1.165, 1.54) is 32.1 Å². The molecule has 29 heavy (non-hydrogen) atoms. The lowest BCUT2D eigenvalue weighted by molar-refractivity contribution is 0.122. The van der Waals surface area contributed by atoms with Crippen molar-refractivity contribution in [2.24, 2.45) is 0 Å². The molecule has 0 spiro atoms. The lowest BCUT2D eigenvalue weighted by atomic mass is 10.0. The highest BCUT2D eigenvalue weighted by molar-refractivity contribution is 8.00. The second-order valence-corrected chi connectivity index (χ2v) is 9.23. The van der Waals surface area contributed by atoms with E-state index in [4.69, 9.17) is 14.7 Å². The molecular formula is C20H29N7OS. The summed E-state index contributed by atoms with van der Waals surface area (Å²) in [5.41, 5.74) is 1.78. The van der Waals surface area contributed by atoms with Gasteiger partial charge in [0, 0.05) is 44.5 Å². The Labute approximate surface area is 175 Å². The summed E-state index contributed by atoms with van der Waals surface area (Å²) in [5.74, 6) is 1.74. The first kappa shape index (κ1) is 19.3.